The van der Waals surface area contributed by atoms with E-state index in [-0.39, 0.29) is 11.9 Å². The van der Waals surface area contributed by atoms with E-state index in [9.17, 15) is 8.78 Å². The summed E-state index contributed by atoms with van der Waals surface area (Å²) in [4.78, 5) is 12.5. The fourth-order valence-corrected chi connectivity index (χ4v) is 3.25. The molecule has 0 bridgehead atoms. The van der Waals surface area contributed by atoms with Gasteiger partial charge in [-0.1, -0.05) is 0 Å². The predicted octanol–water partition coefficient (Wildman–Crippen LogP) is 2.88. The molecule has 3 heterocycles. The van der Waals surface area contributed by atoms with E-state index in [2.05, 4.69) is 20.1 Å². The third kappa shape index (κ3) is 2.63. The molecule has 0 aliphatic heterocycles. The number of methoxy groups -OCH3 is 2. The first kappa shape index (κ1) is 16.6. The van der Waals surface area contributed by atoms with Crippen LogP contribution in [0.3, 0.4) is 0 Å². The van der Waals surface area contributed by atoms with Crippen LogP contribution in [0.4, 0.5) is 8.78 Å². The van der Waals surface area contributed by atoms with Crippen LogP contribution in [0.25, 0.3) is 16.8 Å². The van der Waals surface area contributed by atoms with Crippen LogP contribution in [0.15, 0.2) is 18.6 Å². The first-order valence-corrected chi connectivity index (χ1v) is 8.12. The van der Waals surface area contributed by atoms with Crippen molar-refractivity contribution in [3.63, 3.8) is 0 Å². The first-order valence-electron chi connectivity index (χ1n) is 8.12. The lowest BCUT2D eigenvalue weighted by Gasteiger charge is -2.11. The van der Waals surface area contributed by atoms with Crippen LogP contribution in [0.1, 0.15) is 23.6 Å². The average molecular weight is 361 g/mol. The maximum absolute atomic E-state index is 13.1. The number of aryl methyl sites for hydroxylation is 1. The Morgan fingerprint density at radius 3 is 2.69 bits per heavy atom. The topological polar surface area (TPSA) is 74.4 Å². The Labute approximate surface area is 148 Å². The first-order chi connectivity index (χ1) is 12.5. The van der Waals surface area contributed by atoms with Crippen LogP contribution in [0, 0.1) is 12.8 Å². The quantitative estimate of drug-likeness (QED) is 0.696. The number of nitrogens with zero attached hydrogens (tertiary/aromatic N) is 5. The smallest absolute Gasteiger partial charge is 0.319 e. The van der Waals surface area contributed by atoms with E-state index in [1.54, 1.807) is 17.0 Å². The van der Waals surface area contributed by atoms with Crippen molar-refractivity contribution < 1.29 is 18.3 Å². The number of alkyl halides is 2. The Morgan fingerprint density at radius 2 is 2.04 bits per heavy atom. The molecule has 3 aromatic rings. The third-order valence-corrected chi connectivity index (χ3v) is 4.66. The van der Waals surface area contributed by atoms with Gasteiger partial charge in [-0.15, -0.1) is 0 Å². The van der Waals surface area contributed by atoms with Gasteiger partial charge >= 0.3 is 6.01 Å². The van der Waals surface area contributed by atoms with Gasteiger partial charge in [-0.25, -0.2) is 23.3 Å². The van der Waals surface area contributed by atoms with Crippen molar-refractivity contribution in [3.05, 3.63) is 29.8 Å². The molecule has 9 heteroatoms. The maximum Gasteiger partial charge on any atom is 0.319 e. The minimum absolute atomic E-state index is 0.172. The highest BCUT2D eigenvalue weighted by Gasteiger charge is 2.46. The van der Waals surface area contributed by atoms with Crippen molar-refractivity contribution >= 4 is 5.52 Å². The normalized spacial score (nSPS) is 19.2. The molecular formula is C17H17F2N5O2. The summed E-state index contributed by atoms with van der Waals surface area (Å²) in [5, 5.41) is 4.54. The fraction of sp³-hybridized carbons (Fsp3) is 0.412. The van der Waals surface area contributed by atoms with Gasteiger partial charge in [0, 0.05) is 12.1 Å². The Kier molecular flexibility index (Phi) is 3.93. The number of hydrogen-bond acceptors (Lipinski definition) is 6. The second-order valence-corrected chi connectivity index (χ2v) is 6.23. The summed E-state index contributed by atoms with van der Waals surface area (Å²) in [6, 6.07) is 1.98. The van der Waals surface area contributed by atoms with Crippen molar-refractivity contribution in [1.29, 1.82) is 0 Å². The molecule has 0 aromatic carbocycles. The molecule has 0 spiro atoms. The van der Waals surface area contributed by atoms with E-state index in [0.29, 0.717) is 23.6 Å². The van der Waals surface area contributed by atoms with Gasteiger partial charge in [0.2, 0.25) is 12.3 Å². The molecule has 0 N–H and O–H groups in total. The maximum atomic E-state index is 13.1. The highest BCUT2D eigenvalue weighted by atomic mass is 19.3. The molecule has 0 radical (unpaired) electrons. The zero-order valence-electron chi connectivity index (χ0n) is 14.5. The van der Waals surface area contributed by atoms with Gasteiger partial charge in [-0.05, 0) is 30.9 Å². The zero-order valence-corrected chi connectivity index (χ0v) is 14.5. The lowest BCUT2D eigenvalue weighted by Crippen LogP contribution is -2.03. The molecule has 2 atom stereocenters. The molecule has 1 fully saturated rings. The summed E-state index contributed by atoms with van der Waals surface area (Å²) in [6.07, 6.45) is 1.24. The zero-order chi connectivity index (χ0) is 18.4. The van der Waals surface area contributed by atoms with E-state index in [0.717, 1.165) is 16.8 Å². The number of ether oxygens (including phenoxy) is 2. The highest BCUT2D eigenvalue weighted by Crippen LogP contribution is 2.52. The number of imidazole rings is 1. The van der Waals surface area contributed by atoms with Gasteiger partial charge in [0.1, 0.15) is 6.33 Å². The Hall–Kier alpha value is -2.84. The van der Waals surface area contributed by atoms with E-state index in [4.69, 9.17) is 9.47 Å². The van der Waals surface area contributed by atoms with Crippen LogP contribution in [0.2, 0.25) is 0 Å². The van der Waals surface area contributed by atoms with Crippen molar-refractivity contribution in [2.45, 2.75) is 25.7 Å². The van der Waals surface area contributed by atoms with Gasteiger partial charge in [0.25, 0.3) is 0 Å². The average Bonchev–Trinajstić information content (AvgIpc) is 3.38. The second-order valence-electron chi connectivity index (χ2n) is 6.23. The minimum Gasteiger partial charge on any atom is -0.480 e. The molecular weight excluding hydrogens is 344 g/mol. The van der Waals surface area contributed by atoms with Gasteiger partial charge < -0.3 is 9.47 Å². The molecule has 0 amide bonds. The Balaban J connectivity index is 1.87. The van der Waals surface area contributed by atoms with E-state index >= 15 is 0 Å². The predicted molar refractivity (Wildman–Crippen MR) is 88.7 cm³/mol. The molecule has 4 rings (SSSR count). The number of fused-ring (bicyclic) bond motifs is 1. The Bertz CT molecular complexity index is 975. The molecule has 1 aliphatic carbocycles. The van der Waals surface area contributed by atoms with E-state index in [1.165, 1.54) is 14.2 Å². The molecule has 0 saturated heterocycles. The largest absolute Gasteiger partial charge is 0.480 e. The summed E-state index contributed by atoms with van der Waals surface area (Å²) < 4.78 is 38.2. The minimum atomic E-state index is -2.33. The van der Waals surface area contributed by atoms with Gasteiger partial charge in [0.05, 0.1) is 36.7 Å². The molecule has 7 nitrogen and oxygen atoms in total. The number of aromatic nitrogens is 5. The summed E-state index contributed by atoms with van der Waals surface area (Å²) in [5.74, 6) is -0.537. The van der Waals surface area contributed by atoms with Gasteiger partial charge in [0.15, 0.2) is 0 Å². The standard InChI is InChI=1S/C17H17F2N5O2/c1-8-14-10(9-4-11(9)15(18)19)5-13(23-24(14)7-21-8)12-6-20-17(26-3)22-16(12)25-2/h5-7,9,11,15H,4H2,1-3H3/t9-,11+/m1/s1. The van der Waals surface area contributed by atoms with Crippen LogP contribution < -0.4 is 9.47 Å². The second kappa shape index (κ2) is 6.15. The molecule has 136 valence electrons. The summed E-state index contributed by atoms with van der Waals surface area (Å²) in [6.45, 7) is 1.84. The lowest BCUT2D eigenvalue weighted by atomic mass is 10.1. The van der Waals surface area contributed by atoms with Crippen LogP contribution in [-0.4, -0.2) is 45.2 Å². The van der Waals surface area contributed by atoms with E-state index < -0.39 is 12.3 Å². The van der Waals surface area contributed by atoms with Crippen LogP contribution in [-0.2, 0) is 0 Å². The summed E-state index contributed by atoms with van der Waals surface area (Å²) in [7, 11) is 2.95. The van der Waals surface area contributed by atoms with Gasteiger partial charge in [-0.2, -0.15) is 10.1 Å². The molecule has 26 heavy (non-hydrogen) atoms. The van der Waals surface area contributed by atoms with Crippen molar-refractivity contribution in [1.82, 2.24) is 24.6 Å². The number of rotatable bonds is 5. The molecule has 1 saturated carbocycles. The van der Waals surface area contributed by atoms with Crippen molar-refractivity contribution in [2.24, 2.45) is 5.92 Å². The highest BCUT2D eigenvalue weighted by molar-refractivity contribution is 5.70. The molecule has 1 aliphatic rings. The molecule has 0 unspecified atom stereocenters. The SMILES string of the molecule is COc1ncc(-c2cc([C@H]3C[C@@H]3C(F)F)c3c(C)ncn3n2)c(OC)n1. The van der Waals surface area contributed by atoms with Gasteiger partial charge in [-0.3, -0.25) is 0 Å². The Morgan fingerprint density at radius 1 is 1.23 bits per heavy atom. The van der Waals surface area contributed by atoms with Crippen LogP contribution >= 0.6 is 0 Å². The van der Waals surface area contributed by atoms with Crippen LogP contribution in [0.5, 0.6) is 11.9 Å². The van der Waals surface area contributed by atoms with E-state index in [1.807, 2.05) is 13.0 Å². The fourth-order valence-electron chi connectivity index (χ4n) is 3.25. The number of hydrogen-bond donors (Lipinski definition) is 0. The summed E-state index contributed by atoms with van der Waals surface area (Å²) in [5.41, 5.74) is 3.43. The van der Waals surface area contributed by atoms with Crippen molar-refractivity contribution in [2.75, 3.05) is 14.2 Å². The van der Waals surface area contributed by atoms with Crippen molar-refractivity contribution in [3.8, 4) is 23.1 Å². The number of halogens is 2. The monoisotopic (exact) mass is 361 g/mol. The molecule has 3 aromatic heterocycles. The lowest BCUT2D eigenvalue weighted by molar-refractivity contribution is 0.120. The summed E-state index contributed by atoms with van der Waals surface area (Å²) >= 11 is 0. The third-order valence-electron chi connectivity index (χ3n) is 4.66.